The van der Waals surface area contributed by atoms with Crippen molar-refractivity contribution < 1.29 is 4.79 Å². The summed E-state index contributed by atoms with van der Waals surface area (Å²) in [6.07, 6.45) is 0.993. The van der Waals surface area contributed by atoms with Gasteiger partial charge in [0, 0.05) is 18.2 Å². The highest BCUT2D eigenvalue weighted by atomic mass is 16.2. The Morgan fingerprint density at radius 1 is 1.00 bits per heavy atom. The maximum absolute atomic E-state index is 12.2. The van der Waals surface area contributed by atoms with E-state index in [1.165, 1.54) is 5.56 Å². The van der Waals surface area contributed by atoms with E-state index < -0.39 is 0 Å². The van der Waals surface area contributed by atoms with Crippen molar-refractivity contribution in [2.75, 3.05) is 11.9 Å². The van der Waals surface area contributed by atoms with E-state index >= 15 is 0 Å². The van der Waals surface area contributed by atoms with Gasteiger partial charge in [0.25, 0.3) is 0 Å². The van der Waals surface area contributed by atoms with Crippen LogP contribution >= 0.6 is 0 Å². The van der Waals surface area contributed by atoms with E-state index in [0.717, 1.165) is 17.7 Å². The average Bonchev–Trinajstić information content (AvgIpc) is 2.56. The van der Waals surface area contributed by atoms with Gasteiger partial charge in [-0.25, -0.2) is 4.79 Å². The quantitative estimate of drug-likeness (QED) is 0.763. The normalized spacial score (nSPS) is 12.0. The molecule has 0 aromatic heterocycles. The van der Waals surface area contributed by atoms with Gasteiger partial charge in [0.2, 0.25) is 0 Å². The van der Waals surface area contributed by atoms with Crippen LogP contribution in [0.3, 0.4) is 0 Å². The van der Waals surface area contributed by atoms with Gasteiger partial charge in [-0.2, -0.15) is 0 Å². The van der Waals surface area contributed by atoms with Gasteiger partial charge in [0.05, 0.1) is 0 Å². The van der Waals surface area contributed by atoms with Crippen molar-refractivity contribution in [2.24, 2.45) is 0 Å². The van der Waals surface area contributed by atoms with Gasteiger partial charge in [-0.1, -0.05) is 69.3 Å². The molecule has 1 unspecified atom stereocenters. The molecule has 0 saturated heterocycles. The molecule has 0 bridgehead atoms. The molecule has 0 heterocycles. The van der Waals surface area contributed by atoms with Crippen LogP contribution in [0.5, 0.6) is 0 Å². The largest absolute Gasteiger partial charge is 0.337 e. The summed E-state index contributed by atoms with van der Waals surface area (Å²) in [4.78, 5) is 12.2. The van der Waals surface area contributed by atoms with Crippen LogP contribution in [-0.4, -0.2) is 12.6 Å². The monoisotopic (exact) mass is 310 g/mol. The topological polar surface area (TPSA) is 41.1 Å². The number of hydrogen-bond acceptors (Lipinski definition) is 1. The van der Waals surface area contributed by atoms with Gasteiger partial charge in [-0.05, 0) is 29.5 Å². The van der Waals surface area contributed by atoms with Crippen molar-refractivity contribution in [3.8, 4) is 0 Å². The fourth-order valence-electron chi connectivity index (χ4n) is 2.72. The zero-order valence-electron chi connectivity index (χ0n) is 14.2. The Labute approximate surface area is 139 Å². The SMILES string of the molecule is CCC(CNC(=O)Nc1ccccc1C(C)C)c1ccccc1. The van der Waals surface area contributed by atoms with E-state index in [0.29, 0.717) is 18.4 Å². The van der Waals surface area contributed by atoms with Crippen molar-refractivity contribution >= 4 is 11.7 Å². The molecule has 23 heavy (non-hydrogen) atoms. The van der Waals surface area contributed by atoms with Gasteiger partial charge in [0.15, 0.2) is 0 Å². The molecule has 3 nitrogen and oxygen atoms in total. The van der Waals surface area contributed by atoms with Gasteiger partial charge < -0.3 is 10.6 Å². The number of carbonyl (C=O) groups is 1. The maximum Gasteiger partial charge on any atom is 0.319 e. The van der Waals surface area contributed by atoms with Crippen molar-refractivity contribution in [1.82, 2.24) is 5.32 Å². The van der Waals surface area contributed by atoms with Crippen molar-refractivity contribution in [2.45, 2.75) is 39.0 Å². The Balaban J connectivity index is 1.95. The number of hydrogen-bond donors (Lipinski definition) is 2. The second-order valence-corrected chi connectivity index (χ2v) is 6.09. The first-order valence-electron chi connectivity index (χ1n) is 8.30. The van der Waals surface area contributed by atoms with Crippen LogP contribution in [0.25, 0.3) is 0 Å². The predicted molar refractivity (Wildman–Crippen MR) is 97.0 cm³/mol. The zero-order valence-corrected chi connectivity index (χ0v) is 14.2. The lowest BCUT2D eigenvalue weighted by molar-refractivity contribution is 0.251. The van der Waals surface area contributed by atoms with E-state index in [1.807, 2.05) is 36.4 Å². The van der Waals surface area contributed by atoms with Gasteiger partial charge >= 0.3 is 6.03 Å². The van der Waals surface area contributed by atoms with Crippen LogP contribution in [0.1, 0.15) is 50.2 Å². The van der Waals surface area contributed by atoms with E-state index in [4.69, 9.17) is 0 Å². The molecule has 1 atom stereocenters. The van der Waals surface area contributed by atoms with Crippen LogP contribution in [0.15, 0.2) is 54.6 Å². The molecule has 122 valence electrons. The van der Waals surface area contributed by atoms with Crippen LogP contribution in [0, 0.1) is 0 Å². The van der Waals surface area contributed by atoms with Crippen molar-refractivity contribution in [3.63, 3.8) is 0 Å². The zero-order chi connectivity index (χ0) is 16.7. The lowest BCUT2D eigenvalue weighted by Gasteiger charge is -2.18. The molecule has 0 aliphatic heterocycles. The lowest BCUT2D eigenvalue weighted by Crippen LogP contribution is -2.32. The van der Waals surface area contributed by atoms with Crippen LogP contribution in [0.2, 0.25) is 0 Å². The van der Waals surface area contributed by atoms with Crippen LogP contribution < -0.4 is 10.6 Å². The minimum atomic E-state index is -0.146. The molecule has 2 aromatic carbocycles. The highest BCUT2D eigenvalue weighted by Crippen LogP contribution is 2.23. The molecule has 0 radical (unpaired) electrons. The Morgan fingerprint density at radius 3 is 2.30 bits per heavy atom. The summed E-state index contributed by atoms with van der Waals surface area (Å²) in [5.74, 6) is 0.710. The minimum absolute atomic E-state index is 0.146. The number of urea groups is 1. The van der Waals surface area contributed by atoms with E-state index in [2.05, 4.69) is 49.6 Å². The predicted octanol–water partition coefficient (Wildman–Crippen LogP) is 5.13. The number of benzene rings is 2. The first-order chi connectivity index (χ1) is 11.1. The minimum Gasteiger partial charge on any atom is -0.337 e. The second-order valence-electron chi connectivity index (χ2n) is 6.09. The number of amides is 2. The standard InChI is InChI=1S/C20H26N2O/c1-4-16(17-10-6-5-7-11-17)14-21-20(23)22-19-13-9-8-12-18(19)15(2)3/h5-13,15-16H,4,14H2,1-3H3,(H2,21,22,23). The Kier molecular flexibility index (Phi) is 6.21. The average molecular weight is 310 g/mol. The summed E-state index contributed by atoms with van der Waals surface area (Å²) in [6.45, 7) is 7.03. The molecule has 2 amide bonds. The Hall–Kier alpha value is -2.29. The molecule has 2 aromatic rings. The first kappa shape index (κ1) is 17.1. The lowest BCUT2D eigenvalue weighted by atomic mass is 9.97. The maximum atomic E-state index is 12.2. The molecular weight excluding hydrogens is 284 g/mol. The van der Waals surface area contributed by atoms with Crippen LogP contribution in [0.4, 0.5) is 10.5 Å². The molecule has 0 aliphatic carbocycles. The molecular formula is C20H26N2O. The fraction of sp³-hybridized carbons (Fsp3) is 0.350. The number of nitrogens with one attached hydrogen (secondary N) is 2. The summed E-state index contributed by atoms with van der Waals surface area (Å²) < 4.78 is 0. The third kappa shape index (κ3) is 4.85. The number of rotatable bonds is 6. The third-order valence-electron chi connectivity index (χ3n) is 4.10. The summed E-state index contributed by atoms with van der Waals surface area (Å²) in [6, 6.07) is 18.1. The van der Waals surface area contributed by atoms with Crippen molar-refractivity contribution in [1.29, 1.82) is 0 Å². The molecule has 2 rings (SSSR count). The third-order valence-corrected chi connectivity index (χ3v) is 4.10. The summed E-state index contributed by atoms with van der Waals surface area (Å²) >= 11 is 0. The summed E-state index contributed by atoms with van der Waals surface area (Å²) in [7, 11) is 0. The van der Waals surface area contributed by atoms with Crippen molar-refractivity contribution in [3.05, 3.63) is 65.7 Å². The number of para-hydroxylation sites is 1. The Bertz CT molecular complexity index is 623. The first-order valence-corrected chi connectivity index (χ1v) is 8.30. The summed E-state index contributed by atoms with van der Waals surface area (Å²) in [5.41, 5.74) is 3.29. The van der Waals surface area contributed by atoms with E-state index in [1.54, 1.807) is 0 Å². The molecule has 2 N–H and O–H groups in total. The van der Waals surface area contributed by atoms with Gasteiger partial charge in [-0.3, -0.25) is 0 Å². The molecule has 3 heteroatoms. The summed E-state index contributed by atoms with van der Waals surface area (Å²) in [5, 5.41) is 5.97. The van der Waals surface area contributed by atoms with E-state index in [9.17, 15) is 4.79 Å². The van der Waals surface area contributed by atoms with Gasteiger partial charge in [-0.15, -0.1) is 0 Å². The smallest absolute Gasteiger partial charge is 0.319 e. The highest BCUT2D eigenvalue weighted by molar-refractivity contribution is 5.90. The van der Waals surface area contributed by atoms with Crippen LogP contribution in [-0.2, 0) is 0 Å². The van der Waals surface area contributed by atoms with E-state index in [-0.39, 0.29) is 6.03 Å². The molecule has 0 spiro atoms. The van der Waals surface area contributed by atoms with Gasteiger partial charge in [0.1, 0.15) is 0 Å². The highest BCUT2D eigenvalue weighted by Gasteiger charge is 2.12. The molecule has 0 saturated carbocycles. The molecule has 0 aliphatic rings. The Morgan fingerprint density at radius 2 is 1.65 bits per heavy atom. The molecule has 0 fully saturated rings. The second kappa shape index (κ2) is 8.37. The number of anilines is 1. The fourth-order valence-corrected chi connectivity index (χ4v) is 2.72. The number of carbonyl (C=O) groups excluding carboxylic acids is 1.